The van der Waals surface area contributed by atoms with Crippen molar-refractivity contribution in [2.45, 2.75) is 37.8 Å². The zero-order valence-electron chi connectivity index (χ0n) is 13.6. The van der Waals surface area contributed by atoms with Gasteiger partial charge in [0.05, 0.1) is 24.3 Å². The molecule has 1 saturated carbocycles. The molecule has 0 bridgehead atoms. The number of nitrogens with zero attached hydrogens (tertiary/aromatic N) is 1. The molecule has 2 atom stereocenters. The van der Waals surface area contributed by atoms with Gasteiger partial charge in [-0.05, 0) is 31.0 Å². The standard InChI is InChI=1S/C17H23ClFN3O2/c18-13-11-12(5-6-14(13)19)20-15-3-1-2-4-16(15)21-17(23)22-7-9-24-10-8-22/h5-6,11,15-16,20H,1-4,7-10H2,(H,21,23). The zero-order chi connectivity index (χ0) is 16.9. The summed E-state index contributed by atoms with van der Waals surface area (Å²) in [5, 5.41) is 6.65. The monoisotopic (exact) mass is 355 g/mol. The fraction of sp³-hybridized carbons (Fsp3) is 0.588. The lowest BCUT2D eigenvalue weighted by Crippen LogP contribution is -2.54. The van der Waals surface area contributed by atoms with Gasteiger partial charge in [-0.1, -0.05) is 24.4 Å². The Kier molecular flexibility index (Phi) is 5.79. The summed E-state index contributed by atoms with van der Waals surface area (Å²) >= 11 is 5.85. The van der Waals surface area contributed by atoms with Crippen LogP contribution < -0.4 is 10.6 Å². The Morgan fingerprint density at radius 1 is 1.21 bits per heavy atom. The molecule has 1 aromatic carbocycles. The summed E-state index contributed by atoms with van der Waals surface area (Å²) < 4.78 is 18.6. The molecular formula is C17H23ClFN3O2. The fourth-order valence-corrected chi connectivity index (χ4v) is 3.47. The van der Waals surface area contributed by atoms with E-state index < -0.39 is 5.82 Å². The number of anilines is 1. The van der Waals surface area contributed by atoms with Gasteiger partial charge < -0.3 is 20.3 Å². The van der Waals surface area contributed by atoms with Crippen molar-refractivity contribution in [1.29, 1.82) is 0 Å². The molecule has 2 unspecified atom stereocenters. The minimum atomic E-state index is -0.428. The van der Waals surface area contributed by atoms with Crippen LogP contribution in [0.25, 0.3) is 0 Å². The van der Waals surface area contributed by atoms with E-state index in [-0.39, 0.29) is 23.1 Å². The summed E-state index contributed by atoms with van der Waals surface area (Å²) in [5.41, 5.74) is 0.777. The number of morpholine rings is 1. The van der Waals surface area contributed by atoms with Crippen molar-refractivity contribution in [1.82, 2.24) is 10.2 Å². The van der Waals surface area contributed by atoms with Crippen LogP contribution in [0, 0.1) is 5.82 Å². The highest BCUT2D eigenvalue weighted by molar-refractivity contribution is 6.31. The first-order valence-electron chi connectivity index (χ1n) is 8.48. The van der Waals surface area contributed by atoms with E-state index in [0.29, 0.717) is 26.3 Å². The van der Waals surface area contributed by atoms with Crippen LogP contribution in [0.5, 0.6) is 0 Å². The number of carbonyl (C=O) groups is 1. The second-order valence-corrected chi connectivity index (χ2v) is 6.73. The lowest BCUT2D eigenvalue weighted by atomic mass is 9.90. The van der Waals surface area contributed by atoms with E-state index >= 15 is 0 Å². The largest absolute Gasteiger partial charge is 0.380 e. The first-order valence-corrected chi connectivity index (χ1v) is 8.86. The number of urea groups is 1. The van der Waals surface area contributed by atoms with Crippen LogP contribution in [0.15, 0.2) is 18.2 Å². The van der Waals surface area contributed by atoms with Crippen LogP contribution in [-0.4, -0.2) is 49.3 Å². The van der Waals surface area contributed by atoms with Gasteiger partial charge in [0.1, 0.15) is 5.82 Å². The summed E-state index contributed by atoms with van der Waals surface area (Å²) in [6.07, 6.45) is 4.10. The van der Waals surface area contributed by atoms with Crippen LogP contribution in [-0.2, 0) is 4.74 Å². The van der Waals surface area contributed by atoms with E-state index in [1.165, 1.54) is 6.07 Å². The highest BCUT2D eigenvalue weighted by Crippen LogP contribution is 2.25. The molecule has 2 aliphatic rings. The molecule has 5 nitrogen and oxygen atoms in total. The normalized spacial score (nSPS) is 24.5. The maximum Gasteiger partial charge on any atom is 0.317 e. The van der Waals surface area contributed by atoms with E-state index in [1.54, 1.807) is 17.0 Å². The summed E-state index contributed by atoms with van der Waals surface area (Å²) in [5.74, 6) is -0.428. The summed E-state index contributed by atoms with van der Waals surface area (Å²) in [7, 11) is 0. The van der Waals surface area contributed by atoms with Crippen molar-refractivity contribution in [3.63, 3.8) is 0 Å². The quantitative estimate of drug-likeness (QED) is 0.875. The Hall–Kier alpha value is -1.53. The third kappa shape index (κ3) is 4.30. The number of ether oxygens (including phenoxy) is 1. The highest BCUT2D eigenvalue weighted by Gasteiger charge is 2.28. The Balaban J connectivity index is 1.62. The number of nitrogens with one attached hydrogen (secondary N) is 2. The van der Waals surface area contributed by atoms with E-state index in [0.717, 1.165) is 31.4 Å². The third-order valence-electron chi connectivity index (χ3n) is 4.64. The lowest BCUT2D eigenvalue weighted by Gasteiger charge is -2.36. The van der Waals surface area contributed by atoms with Crippen molar-refractivity contribution >= 4 is 23.3 Å². The average molecular weight is 356 g/mol. The van der Waals surface area contributed by atoms with Crippen molar-refractivity contribution in [3.05, 3.63) is 29.0 Å². The molecule has 0 spiro atoms. The molecule has 1 aliphatic carbocycles. The average Bonchev–Trinajstić information content (AvgIpc) is 2.60. The van der Waals surface area contributed by atoms with Crippen LogP contribution in [0.2, 0.25) is 5.02 Å². The fourth-order valence-electron chi connectivity index (χ4n) is 3.29. The predicted octanol–water partition coefficient (Wildman–Crippen LogP) is 3.24. The van der Waals surface area contributed by atoms with Gasteiger partial charge in [-0.25, -0.2) is 9.18 Å². The molecule has 24 heavy (non-hydrogen) atoms. The summed E-state index contributed by atoms with van der Waals surface area (Å²) in [6, 6.07) is 4.76. The van der Waals surface area contributed by atoms with Crippen LogP contribution in [0.3, 0.4) is 0 Å². The van der Waals surface area contributed by atoms with Gasteiger partial charge >= 0.3 is 6.03 Å². The van der Waals surface area contributed by atoms with Crippen molar-refractivity contribution < 1.29 is 13.9 Å². The van der Waals surface area contributed by atoms with E-state index in [4.69, 9.17) is 16.3 Å². The number of rotatable bonds is 3. The Labute approximate surface area is 146 Å². The molecule has 0 aromatic heterocycles. The van der Waals surface area contributed by atoms with Crippen molar-refractivity contribution in [2.24, 2.45) is 0 Å². The summed E-state index contributed by atoms with van der Waals surface area (Å²) in [6.45, 7) is 2.44. The predicted molar refractivity (Wildman–Crippen MR) is 92.0 cm³/mol. The molecule has 2 N–H and O–H groups in total. The minimum absolute atomic E-state index is 0.0332. The highest BCUT2D eigenvalue weighted by atomic mass is 35.5. The Morgan fingerprint density at radius 3 is 2.62 bits per heavy atom. The van der Waals surface area contributed by atoms with Crippen LogP contribution in [0.1, 0.15) is 25.7 Å². The number of amides is 2. The number of carbonyl (C=O) groups excluding carboxylic acids is 1. The maximum absolute atomic E-state index is 13.3. The first-order chi connectivity index (χ1) is 11.6. The van der Waals surface area contributed by atoms with Gasteiger partial charge in [0.2, 0.25) is 0 Å². The van der Waals surface area contributed by atoms with Gasteiger partial charge in [0.15, 0.2) is 0 Å². The molecule has 1 heterocycles. The molecule has 1 aliphatic heterocycles. The molecule has 7 heteroatoms. The maximum atomic E-state index is 13.3. The molecular weight excluding hydrogens is 333 g/mol. The number of benzene rings is 1. The second kappa shape index (κ2) is 8.03. The third-order valence-corrected chi connectivity index (χ3v) is 4.93. The van der Waals surface area contributed by atoms with Crippen LogP contribution >= 0.6 is 11.6 Å². The SMILES string of the molecule is O=C(NC1CCCCC1Nc1ccc(F)c(Cl)c1)N1CCOCC1. The second-order valence-electron chi connectivity index (χ2n) is 6.32. The number of halogens is 2. The van der Waals surface area contributed by atoms with Gasteiger partial charge in [-0.3, -0.25) is 0 Å². The molecule has 2 fully saturated rings. The molecule has 1 saturated heterocycles. The van der Waals surface area contributed by atoms with Gasteiger partial charge in [-0.2, -0.15) is 0 Å². The van der Waals surface area contributed by atoms with E-state index in [2.05, 4.69) is 10.6 Å². The molecule has 2 amide bonds. The zero-order valence-corrected chi connectivity index (χ0v) is 14.3. The topological polar surface area (TPSA) is 53.6 Å². The molecule has 132 valence electrons. The minimum Gasteiger partial charge on any atom is -0.380 e. The molecule has 0 radical (unpaired) electrons. The lowest BCUT2D eigenvalue weighted by molar-refractivity contribution is 0.0520. The first kappa shape index (κ1) is 17.3. The van der Waals surface area contributed by atoms with Crippen molar-refractivity contribution in [3.8, 4) is 0 Å². The van der Waals surface area contributed by atoms with Crippen LogP contribution in [0.4, 0.5) is 14.9 Å². The Bertz CT molecular complexity index is 581. The smallest absolute Gasteiger partial charge is 0.317 e. The molecule has 3 rings (SSSR count). The number of hydrogen-bond acceptors (Lipinski definition) is 3. The molecule has 1 aromatic rings. The van der Waals surface area contributed by atoms with E-state index in [1.807, 2.05) is 0 Å². The van der Waals surface area contributed by atoms with Gasteiger partial charge in [0.25, 0.3) is 0 Å². The van der Waals surface area contributed by atoms with Gasteiger partial charge in [0, 0.05) is 24.8 Å². The number of hydrogen-bond donors (Lipinski definition) is 2. The summed E-state index contributed by atoms with van der Waals surface area (Å²) in [4.78, 5) is 14.2. The van der Waals surface area contributed by atoms with Crippen molar-refractivity contribution in [2.75, 3.05) is 31.6 Å². The van der Waals surface area contributed by atoms with E-state index in [9.17, 15) is 9.18 Å². The van der Waals surface area contributed by atoms with Gasteiger partial charge in [-0.15, -0.1) is 0 Å². The Morgan fingerprint density at radius 2 is 1.92 bits per heavy atom.